The number of rotatable bonds is 7. The van der Waals surface area contributed by atoms with Gasteiger partial charge in [-0.3, -0.25) is 4.79 Å². The molecule has 0 heterocycles. The molecule has 1 atom stereocenters. The highest BCUT2D eigenvalue weighted by atomic mass is 16.5. The molecule has 0 amide bonds. The molecule has 0 radical (unpaired) electrons. The summed E-state index contributed by atoms with van der Waals surface area (Å²) in [6, 6.07) is 7.40. The summed E-state index contributed by atoms with van der Waals surface area (Å²) >= 11 is 0. The van der Waals surface area contributed by atoms with E-state index in [-0.39, 0.29) is 18.0 Å². The van der Waals surface area contributed by atoms with Crippen LogP contribution in [-0.2, 0) is 4.74 Å². The molecule has 1 aromatic rings. The Hall–Kier alpha value is -1.35. The number of hydrogen-bond acceptors (Lipinski definition) is 3. The number of ketones is 1. The van der Waals surface area contributed by atoms with Gasteiger partial charge in [-0.15, -0.1) is 0 Å². The maximum Gasteiger partial charge on any atom is 0.166 e. The van der Waals surface area contributed by atoms with Crippen LogP contribution in [0.4, 0.5) is 0 Å². The molecule has 18 heavy (non-hydrogen) atoms. The van der Waals surface area contributed by atoms with Crippen molar-refractivity contribution in [3.8, 4) is 5.75 Å². The van der Waals surface area contributed by atoms with Crippen LogP contribution < -0.4 is 4.74 Å². The van der Waals surface area contributed by atoms with Crippen molar-refractivity contribution in [3.63, 3.8) is 0 Å². The Bertz CT molecular complexity index is 385. The Morgan fingerprint density at radius 2 is 1.89 bits per heavy atom. The minimum Gasteiger partial charge on any atom is -0.490 e. The van der Waals surface area contributed by atoms with E-state index >= 15 is 0 Å². The standard InChI is InChI=1S/C15H22O3/c1-11(2)18-15-8-6-5-7-13(15)14(16)10-9-12(3)17-4/h5-8,11-12H,9-10H2,1-4H3. The van der Waals surface area contributed by atoms with Gasteiger partial charge >= 0.3 is 0 Å². The quantitative estimate of drug-likeness (QED) is 0.695. The number of carbonyl (C=O) groups excluding carboxylic acids is 1. The first-order valence-electron chi connectivity index (χ1n) is 6.36. The molecule has 0 aliphatic heterocycles. The monoisotopic (exact) mass is 250 g/mol. The number of carbonyl (C=O) groups is 1. The Balaban J connectivity index is 2.72. The molecule has 1 rings (SSSR count). The van der Waals surface area contributed by atoms with Crippen LogP contribution in [0.1, 0.15) is 44.0 Å². The molecule has 0 fully saturated rings. The molecular formula is C15H22O3. The average Bonchev–Trinajstić information content (AvgIpc) is 2.35. The van der Waals surface area contributed by atoms with Crippen molar-refractivity contribution in [2.75, 3.05) is 7.11 Å². The Morgan fingerprint density at radius 3 is 2.50 bits per heavy atom. The smallest absolute Gasteiger partial charge is 0.166 e. The van der Waals surface area contributed by atoms with Crippen molar-refractivity contribution < 1.29 is 14.3 Å². The van der Waals surface area contributed by atoms with E-state index < -0.39 is 0 Å². The molecule has 100 valence electrons. The van der Waals surface area contributed by atoms with Gasteiger partial charge in [0.1, 0.15) is 5.75 Å². The molecule has 1 aromatic carbocycles. The van der Waals surface area contributed by atoms with Crippen LogP contribution in [0.15, 0.2) is 24.3 Å². The van der Waals surface area contributed by atoms with Gasteiger partial charge in [0, 0.05) is 13.5 Å². The lowest BCUT2D eigenvalue weighted by molar-refractivity contribution is 0.0873. The van der Waals surface area contributed by atoms with Crippen LogP contribution in [0.3, 0.4) is 0 Å². The summed E-state index contributed by atoms with van der Waals surface area (Å²) in [5.41, 5.74) is 0.662. The van der Waals surface area contributed by atoms with Crippen molar-refractivity contribution in [1.29, 1.82) is 0 Å². The third-order valence-electron chi connectivity index (χ3n) is 2.73. The lowest BCUT2D eigenvalue weighted by Crippen LogP contribution is -2.12. The summed E-state index contributed by atoms with van der Waals surface area (Å²) in [7, 11) is 1.66. The molecule has 3 nitrogen and oxygen atoms in total. The molecule has 0 spiro atoms. The zero-order valence-corrected chi connectivity index (χ0v) is 11.6. The molecular weight excluding hydrogens is 228 g/mol. The molecule has 0 saturated carbocycles. The summed E-state index contributed by atoms with van der Waals surface area (Å²) in [6.45, 7) is 5.87. The van der Waals surface area contributed by atoms with E-state index in [9.17, 15) is 4.79 Å². The van der Waals surface area contributed by atoms with Crippen LogP contribution in [0, 0.1) is 0 Å². The summed E-state index contributed by atoms with van der Waals surface area (Å²) < 4.78 is 10.8. The molecule has 0 N–H and O–H groups in total. The van der Waals surface area contributed by atoms with Crippen LogP contribution in [0.2, 0.25) is 0 Å². The van der Waals surface area contributed by atoms with Crippen LogP contribution in [0.5, 0.6) is 5.75 Å². The van der Waals surface area contributed by atoms with Gasteiger partial charge in [-0.2, -0.15) is 0 Å². The zero-order chi connectivity index (χ0) is 13.5. The SMILES string of the molecule is COC(C)CCC(=O)c1ccccc1OC(C)C. The highest BCUT2D eigenvalue weighted by Gasteiger charge is 2.14. The molecule has 0 aliphatic rings. The second-order valence-electron chi connectivity index (χ2n) is 4.67. The molecule has 0 bridgehead atoms. The maximum atomic E-state index is 12.1. The van der Waals surface area contributed by atoms with Gasteiger partial charge in [0.05, 0.1) is 17.8 Å². The maximum absolute atomic E-state index is 12.1. The van der Waals surface area contributed by atoms with Gasteiger partial charge in [-0.25, -0.2) is 0 Å². The summed E-state index contributed by atoms with van der Waals surface area (Å²) in [6.07, 6.45) is 1.38. The van der Waals surface area contributed by atoms with Crippen molar-refractivity contribution >= 4 is 5.78 Å². The number of ether oxygens (including phenoxy) is 2. The fourth-order valence-electron chi connectivity index (χ4n) is 1.64. The second kappa shape index (κ2) is 7.17. The highest BCUT2D eigenvalue weighted by molar-refractivity contribution is 5.98. The van der Waals surface area contributed by atoms with Gasteiger partial charge in [0.25, 0.3) is 0 Å². The van der Waals surface area contributed by atoms with Crippen molar-refractivity contribution in [3.05, 3.63) is 29.8 Å². The second-order valence-corrected chi connectivity index (χ2v) is 4.67. The molecule has 0 aromatic heterocycles. The van der Waals surface area contributed by atoms with E-state index in [0.717, 1.165) is 6.42 Å². The third kappa shape index (κ3) is 4.49. The normalized spacial score (nSPS) is 12.5. The van der Waals surface area contributed by atoms with E-state index in [1.54, 1.807) is 7.11 Å². The van der Waals surface area contributed by atoms with Gasteiger partial charge in [0.2, 0.25) is 0 Å². The van der Waals surface area contributed by atoms with Gasteiger partial charge in [-0.05, 0) is 39.3 Å². The largest absolute Gasteiger partial charge is 0.490 e. The predicted octanol–water partition coefficient (Wildman–Crippen LogP) is 3.47. The predicted molar refractivity (Wildman–Crippen MR) is 72.2 cm³/mol. The Kier molecular flexibility index (Phi) is 5.86. The van der Waals surface area contributed by atoms with Gasteiger partial charge in [-0.1, -0.05) is 12.1 Å². The third-order valence-corrected chi connectivity index (χ3v) is 2.73. The first kappa shape index (κ1) is 14.7. The number of Topliss-reactive ketones (excluding diaryl/α,β-unsaturated/α-hetero) is 1. The lowest BCUT2D eigenvalue weighted by atomic mass is 10.0. The van der Waals surface area contributed by atoms with Crippen LogP contribution >= 0.6 is 0 Å². The van der Waals surface area contributed by atoms with Crippen LogP contribution in [-0.4, -0.2) is 25.1 Å². The average molecular weight is 250 g/mol. The van der Waals surface area contributed by atoms with Crippen molar-refractivity contribution in [1.82, 2.24) is 0 Å². The minimum absolute atomic E-state index is 0.0665. The number of para-hydroxylation sites is 1. The lowest BCUT2D eigenvalue weighted by Gasteiger charge is -2.14. The fraction of sp³-hybridized carbons (Fsp3) is 0.533. The summed E-state index contributed by atoms with van der Waals surface area (Å²) in [4.78, 5) is 12.1. The van der Waals surface area contributed by atoms with E-state index in [1.165, 1.54) is 0 Å². The van der Waals surface area contributed by atoms with E-state index in [1.807, 2.05) is 45.0 Å². The first-order valence-corrected chi connectivity index (χ1v) is 6.36. The molecule has 0 aliphatic carbocycles. The number of methoxy groups -OCH3 is 1. The number of benzene rings is 1. The fourth-order valence-corrected chi connectivity index (χ4v) is 1.64. The van der Waals surface area contributed by atoms with Crippen molar-refractivity contribution in [2.24, 2.45) is 0 Å². The zero-order valence-electron chi connectivity index (χ0n) is 11.6. The van der Waals surface area contributed by atoms with E-state index in [4.69, 9.17) is 9.47 Å². The van der Waals surface area contributed by atoms with Gasteiger partial charge < -0.3 is 9.47 Å². The first-order chi connectivity index (χ1) is 8.54. The molecule has 1 unspecified atom stereocenters. The van der Waals surface area contributed by atoms with Crippen molar-refractivity contribution in [2.45, 2.75) is 45.8 Å². The molecule has 0 saturated heterocycles. The van der Waals surface area contributed by atoms with Crippen LogP contribution in [0.25, 0.3) is 0 Å². The molecule has 3 heteroatoms. The minimum atomic E-state index is 0.0665. The Labute approximate surface area is 109 Å². The highest BCUT2D eigenvalue weighted by Crippen LogP contribution is 2.21. The topological polar surface area (TPSA) is 35.5 Å². The summed E-state index contributed by atoms with van der Waals surface area (Å²) in [5, 5.41) is 0. The van der Waals surface area contributed by atoms with E-state index in [0.29, 0.717) is 17.7 Å². The number of hydrogen-bond donors (Lipinski definition) is 0. The van der Waals surface area contributed by atoms with Gasteiger partial charge in [0.15, 0.2) is 5.78 Å². The Morgan fingerprint density at radius 1 is 1.22 bits per heavy atom. The van der Waals surface area contributed by atoms with E-state index in [2.05, 4.69) is 0 Å². The summed E-state index contributed by atoms with van der Waals surface area (Å²) in [5.74, 6) is 0.776.